The van der Waals surface area contributed by atoms with E-state index in [-0.39, 0.29) is 0 Å². The molecule has 0 atom stereocenters. The van der Waals surface area contributed by atoms with Crippen molar-refractivity contribution in [1.29, 1.82) is 0 Å². The SMILES string of the molecule is CC\C1=C/C=C\C=C\N(SC)CC12CCNCC2. The Morgan fingerprint density at radius 2 is 2.06 bits per heavy atom. The summed E-state index contributed by atoms with van der Waals surface area (Å²) >= 11 is 1.82. The zero-order valence-corrected chi connectivity index (χ0v) is 12.3. The van der Waals surface area contributed by atoms with Crippen molar-refractivity contribution in [2.24, 2.45) is 5.41 Å². The summed E-state index contributed by atoms with van der Waals surface area (Å²) in [5.74, 6) is 0. The predicted octanol–water partition coefficient (Wildman–Crippen LogP) is 3.36. The van der Waals surface area contributed by atoms with Crippen molar-refractivity contribution in [2.45, 2.75) is 26.2 Å². The Hall–Kier alpha value is -0.670. The molecule has 18 heavy (non-hydrogen) atoms. The Kier molecular flexibility index (Phi) is 4.95. The monoisotopic (exact) mass is 264 g/mol. The van der Waals surface area contributed by atoms with Crippen LogP contribution in [0.1, 0.15) is 26.2 Å². The fourth-order valence-electron chi connectivity index (χ4n) is 3.01. The van der Waals surface area contributed by atoms with E-state index in [0.717, 1.165) is 26.1 Å². The van der Waals surface area contributed by atoms with Crippen LogP contribution < -0.4 is 5.32 Å². The Labute approximate surface area is 115 Å². The van der Waals surface area contributed by atoms with Crippen LogP contribution in [0.2, 0.25) is 0 Å². The van der Waals surface area contributed by atoms with Gasteiger partial charge < -0.3 is 9.62 Å². The van der Waals surface area contributed by atoms with Gasteiger partial charge in [-0.3, -0.25) is 0 Å². The van der Waals surface area contributed by atoms with Crippen molar-refractivity contribution in [2.75, 3.05) is 25.9 Å². The normalized spacial score (nSPS) is 29.9. The van der Waals surface area contributed by atoms with E-state index < -0.39 is 0 Å². The molecule has 1 saturated heterocycles. The summed E-state index contributed by atoms with van der Waals surface area (Å²) in [6.07, 6.45) is 16.9. The smallest absolute Gasteiger partial charge is 0.0383 e. The number of nitrogens with zero attached hydrogens (tertiary/aromatic N) is 1. The van der Waals surface area contributed by atoms with Crippen LogP contribution in [0, 0.1) is 5.41 Å². The van der Waals surface area contributed by atoms with Gasteiger partial charge in [-0.1, -0.05) is 42.7 Å². The highest BCUT2D eigenvalue weighted by atomic mass is 32.2. The Balaban J connectivity index is 2.32. The van der Waals surface area contributed by atoms with Gasteiger partial charge in [0.1, 0.15) is 0 Å². The summed E-state index contributed by atoms with van der Waals surface area (Å²) in [6.45, 7) is 5.71. The second kappa shape index (κ2) is 6.48. The fourth-order valence-corrected chi connectivity index (χ4v) is 3.58. The van der Waals surface area contributed by atoms with Crippen LogP contribution in [0.5, 0.6) is 0 Å². The highest BCUT2D eigenvalue weighted by Crippen LogP contribution is 2.40. The predicted molar refractivity (Wildman–Crippen MR) is 81.4 cm³/mol. The minimum atomic E-state index is 0.363. The molecule has 0 bridgehead atoms. The van der Waals surface area contributed by atoms with E-state index in [9.17, 15) is 0 Å². The second-order valence-corrected chi connectivity index (χ2v) is 5.89. The lowest BCUT2D eigenvalue weighted by Crippen LogP contribution is -2.43. The standard InChI is InChI=1S/C15H24N2S/c1-3-14-7-5-4-6-12-17(18-2)13-15(14)8-10-16-11-9-15/h4-7,12,16H,3,8-11,13H2,1-2H3/b5-4-,12-6+,14-7+. The maximum atomic E-state index is 3.50. The summed E-state index contributed by atoms with van der Waals surface area (Å²) in [5.41, 5.74) is 1.98. The number of allylic oxidation sites excluding steroid dienone is 4. The van der Waals surface area contributed by atoms with Crippen LogP contribution in [-0.2, 0) is 0 Å². The van der Waals surface area contributed by atoms with Crippen LogP contribution in [-0.4, -0.2) is 30.2 Å². The van der Waals surface area contributed by atoms with Crippen molar-refractivity contribution in [3.05, 3.63) is 36.1 Å². The average Bonchev–Trinajstić information content (AvgIpc) is 2.49. The highest BCUT2D eigenvalue weighted by Gasteiger charge is 2.36. The van der Waals surface area contributed by atoms with Gasteiger partial charge in [0, 0.05) is 24.4 Å². The number of piperidine rings is 1. The summed E-state index contributed by atoms with van der Waals surface area (Å²) in [7, 11) is 0. The van der Waals surface area contributed by atoms with Crippen molar-refractivity contribution in [3.63, 3.8) is 0 Å². The van der Waals surface area contributed by atoms with Gasteiger partial charge in [0.25, 0.3) is 0 Å². The van der Waals surface area contributed by atoms with Gasteiger partial charge in [-0.05, 0) is 38.4 Å². The molecule has 3 heteroatoms. The van der Waals surface area contributed by atoms with Crippen LogP contribution in [0.25, 0.3) is 0 Å². The van der Waals surface area contributed by atoms with E-state index in [1.165, 1.54) is 12.8 Å². The molecule has 2 nitrogen and oxygen atoms in total. The molecular weight excluding hydrogens is 240 g/mol. The minimum Gasteiger partial charge on any atom is -0.323 e. The molecule has 0 aliphatic carbocycles. The van der Waals surface area contributed by atoms with Gasteiger partial charge in [0.05, 0.1) is 0 Å². The molecular formula is C15H24N2S. The molecule has 0 aromatic carbocycles. The van der Waals surface area contributed by atoms with E-state index in [0.29, 0.717) is 5.41 Å². The zero-order chi connectivity index (χ0) is 12.8. The number of rotatable bonds is 2. The van der Waals surface area contributed by atoms with E-state index >= 15 is 0 Å². The largest absolute Gasteiger partial charge is 0.323 e. The Morgan fingerprint density at radius 3 is 2.72 bits per heavy atom. The van der Waals surface area contributed by atoms with E-state index in [4.69, 9.17) is 0 Å². The molecule has 0 aromatic rings. The molecule has 2 aliphatic heterocycles. The lowest BCUT2D eigenvalue weighted by atomic mass is 9.71. The summed E-state index contributed by atoms with van der Waals surface area (Å²) < 4.78 is 2.38. The number of hydrogen-bond donors (Lipinski definition) is 1. The maximum absolute atomic E-state index is 3.50. The van der Waals surface area contributed by atoms with Crippen molar-refractivity contribution >= 4 is 11.9 Å². The molecule has 100 valence electrons. The van der Waals surface area contributed by atoms with Crippen LogP contribution in [0.4, 0.5) is 0 Å². The van der Waals surface area contributed by atoms with Crippen LogP contribution in [0.3, 0.4) is 0 Å². The first kappa shape index (κ1) is 13.8. The summed E-state index contributed by atoms with van der Waals surface area (Å²) in [4.78, 5) is 0. The lowest BCUT2D eigenvalue weighted by molar-refractivity contribution is 0.219. The molecule has 0 aromatic heterocycles. The van der Waals surface area contributed by atoms with Gasteiger partial charge in [-0.25, -0.2) is 0 Å². The molecule has 0 radical (unpaired) electrons. The Bertz CT molecular complexity index is 352. The highest BCUT2D eigenvalue weighted by molar-refractivity contribution is 7.96. The van der Waals surface area contributed by atoms with Gasteiger partial charge in [0.2, 0.25) is 0 Å². The maximum Gasteiger partial charge on any atom is 0.0383 e. The van der Waals surface area contributed by atoms with E-state index in [1.807, 2.05) is 11.9 Å². The molecule has 0 amide bonds. The minimum absolute atomic E-state index is 0.363. The second-order valence-electron chi connectivity index (χ2n) is 5.06. The first-order valence-corrected chi connectivity index (χ1v) is 8.05. The average molecular weight is 264 g/mol. The third kappa shape index (κ3) is 3.01. The topological polar surface area (TPSA) is 15.3 Å². The van der Waals surface area contributed by atoms with Crippen LogP contribution in [0.15, 0.2) is 36.1 Å². The Morgan fingerprint density at radius 1 is 1.28 bits per heavy atom. The van der Waals surface area contributed by atoms with Gasteiger partial charge in [-0.15, -0.1) is 0 Å². The first-order valence-electron chi connectivity index (χ1n) is 6.87. The fraction of sp³-hybridized carbons (Fsp3) is 0.600. The summed E-state index contributed by atoms with van der Waals surface area (Å²) in [5, 5.41) is 3.50. The summed E-state index contributed by atoms with van der Waals surface area (Å²) in [6, 6.07) is 0. The third-order valence-corrected chi connectivity index (χ3v) is 4.81. The quantitative estimate of drug-likeness (QED) is 0.770. The van der Waals surface area contributed by atoms with Gasteiger partial charge >= 0.3 is 0 Å². The van der Waals surface area contributed by atoms with Gasteiger partial charge in [0.15, 0.2) is 0 Å². The van der Waals surface area contributed by atoms with Crippen molar-refractivity contribution in [1.82, 2.24) is 9.62 Å². The molecule has 0 unspecified atom stereocenters. The number of hydrogen-bond acceptors (Lipinski definition) is 3. The zero-order valence-electron chi connectivity index (χ0n) is 11.5. The molecule has 2 heterocycles. The van der Waals surface area contributed by atoms with E-state index in [1.54, 1.807) is 5.57 Å². The molecule has 0 saturated carbocycles. The molecule has 1 spiro atoms. The van der Waals surface area contributed by atoms with Crippen molar-refractivity contribution in [3.8, 4) is 0 Å². The first-order chi connectivity index (χ1) is 8.80. The molecule has 1 N–H and O–H groups in total. The van der Waals surface area contributed by atoms with E-state index in [2.05, 4.69) is 53.3 Å². The molecule has 1 fully saturated rings. The van der Waals surface area contributed by atoms with Crippen LogP contribution >= 0.6 is 11.9 Å². The lowest BCUT2D eigenvalue weighted by Gasteiger charge is -2.42. The van der Waals surface area contributed by atoms with Gasteiger partial charge in [-0.2, -0.15) is 0 Å². The molecule has 2 rings (SSSR count). The van der Waals surface area contributed by atoms with Crippen molar-refractivity contribution < 1.29 is 0 Å². The number of nitrogens with one attached hydrogen (secondary N) is 1. The third-order valence-electron chi connectivity index (χ3n) is 4.09. The molecule has 2 aliphatic rings.